The number of unbranched alkanes of at least 4 members (excludes halogenated alkanes) is 36. The lowest BCUT2D eigenvalue weighted by Gasteiger charge is -2.18. The molecular formula is C60H116O6. The van der Waals surface area contributed by atoms with E-state index in [4.69, 9.17) is 14.2 Å². The zero-order chi connectivity index (χ0) is 48.4. The van der Waals surface area contributed by atoms with Gasteiger partial charge in [-0.3, -0.25) is 14.4 Å². The maximum Gasteiger partial charge on any atom is 0.306 e. The molecule has 0 bridgehead atoms. The standard InChI is InChI=1S/C60H116O6/c1-54(2)46-40-34-28-22-16-12-9-7-8-10-14-18-25-31-37-43-49-58(61)64-52-57(53-65-59(62)50-44-38-32-26-21-20-24-30-36-42-48-56(5)6)66-60(63)51-45-39-33-27-19-15-11-13-17-23-29-35-41-47-55(3)4/h54-57H,7-53H2,1-6H3/t57-/m0/s1. The van der Waals surface area contributed by atoms with Crippen LogP contribution in [0.15, 0.2) is 0 Å². The second kappa shape index (κ2) is 51.3. The van der Waals surface area contributed by atoms with Crippen molar-refractivity contribution in [2.24, 2.45) is 17.8 Å². The van der Waals surface area contributed by atoms with Gasteiger partial charge in [-0.25, -0.2) is 0 Å². The summed E-state index contributed by atoms with van der Waals surface area (Å²) in [6, 6.07) is 0. The van der Waals surface area contributed by atoms with Gasteiger partial charge in [-0.05, 0) is 37.0 Å². The first-order valence-corrected chi connectivity index (χ1v) is 29.6. The molecule has 6 heteroatoms. The largest absolute Gasteiger partial charge is 0.462 e. The van der Waals surface area contributed by atoms with E-state index in [0.717, 1.165) is 75.5 Å². The van der Waals surface area contributed by atoms with Crippen LogP contribution in [0, 0.1) is 17.8 Å². The monoisotopic (exact) mass is 933 g/mol. The molecular weight excluding hydrogens is 817 g/mol. The Morgan fingerprint density at radius 2 is 0.439 bits per heavy atom. The van der Waals surface area contributed by atoms with E-state index >= 15 is 0 Å². The number of hydrogen-bond donors (Lipinski definition) is 0. The first-order chi connectivity index (χ1) is 32.1. The number of rotatable bonds is 53. The van der Waals surface area contributed by atoms with Crippen molar-refractivity contribution in [2.45, 2.75) is 337 Å². The average molecular weight is 934 g/mol. The van der Waals surface area contributed by atoms with E-state index < -0.39 is 6.10 Å². The van der Waals surface area contributed by atoms with Gasteiger partial charge in [0.1, 0.15) is 13.2 Å². The molecule has 0 aromatic rings. The Kier molecular flexibility index (Phi) is 50.0. The lowest BCUT2D eigenvalue weighted by atomic mass is 10.0. The van der Waals surface area contributed by atoms with Crippen LogP contribution in [0.25, 0.3) is 0 Å². The number of ether oxygens (including phenoxy) is 3. The predicted octanol–water partition coefficient (Wildman–Crippen LogP) is 19.5. The van der Waals surface area contributed by atoms with Crippen LogP contribution in [-0.4, -0.2) is 37.2 Å². The highest BCUT2D eigenvalue weighted by molar-refractivity contribution is 5.71. The van der Waals surface area contributed by atoms with E-state index in [9.17, 15) is 14.4 Å². The summed E-state index contributed by atoms with van der Waals surface area (Å²) in [6.07, 6.45) is 53.8. The third-order valence-electron chi connectivity index (χ3n) is 13.6. The van der Waals surface area contributed by atoms with E-state index in [2.05, 4.69) is 41.5 Å². The van der Waals surface area contributed by atoms with Gasteiger partial charge in [0, 0.05) is 19.3 Å². The van der Waals surface area contributed by atoms with Crippen LogP contribution in [-0.2, 0) is 28.6 Å². The Hall–Kier alpha value is -1.59. The third-order valence-corrected chi connectivity index (χ3v) is 13.6. The summed E-state index contributed by atoms with van der Waals surface area (Å²) in [5.74, 6) is 1.67. The number of carbonyl (C=O) groups excluding carboxylic acids is 3. The predicted molar refractivity (Wildman–Crippen MR) is 284 cm³/mol. The highest BCUT2D eigenvalue weighted by Gasteiger charge is 2.19. The van der Waals surface area contributed by atoms with Crippen molar-refractivity contribution in [3.63, 3.8) is 0 Å². The van der Waals surface area contributed by atoms with Crippen LogP contribution in [0.1, 0.15) is 330 Å². The van der Waals surface area contributed by atoms with Gasteiger partial charge in [0.15, 0.2) is 6.10 Å². The molecule has 0 unspecified atom stereocenters. The molecule has 0 saturated carbocycles. The SMILES string of the molecule is CC(C)CCCCCCCCCCCCCCCCCCC(=O)OC[C@@H](COC(=O)CCCCCCCCCCCCC(C)C)OC(=O)CCCCCCCCCCCCCCCC(C)C. The van der Waals surface area contributed by atoms with Crippen molar-refractivity contribution in [3.8, 4) is 0 Å². The molecule has 0 spiro atoms. The molecule has 0 heterocycles. The van der Waals surface area contributed by atoms with Crippen molar-refractivity contribution in [2.75, 3.05) is 13.2 Å². The summed E-state index contributed by atoms with van der Waals surface area (Å²) in [6.45, 7) is 13.8. The molecule has 0 rings (SSSR count). The van der Waals surface area contributed by atoms with Gasteiger partial charge < -0.3 is 14.2 Å². The van der Waals surface area contributed by atoms with Crippen molar-refractivity contribution < 1.29 is 28.6 Å². The minimum atomic E-state index is -0.764. The zero-order valence-electron chi connectivity index (χ0n) is 45.5. The van der Waals surface area contributed by atoms with Crippen molar-refractivity contribution in [3.05, 3.63) is 0 Å². The fraction of sp³-hybridized carbons (Fsp3) is 0.950. The van der Waals surface area contributed by atoms with Gasteiger partial charge in [-0.2, -0.15) is 0 Å². The Morgan fingerprint density at radius 3 is 0.652 bits per heavy atom. The molecule has 0 aromatic heterocycles. The molecule has 0 aliphatic carbocycles. The normalized spacial score (nSPS) is 12.1. The van der Waals surface area contributed by atoms with Crippen molar-refractivity contribution in [1.29, 1.82) is 0 Å². The highest BCUT2D eigenvalue weighted by atomic mass is 16.6. The fourth-order valence-electron chi connectivity index (χ4n) is 9.18. The first-order valence-electron chi connectivity index (χ1n) is 29.6. The van der Waals surface area contributed by atoms with Crippen LogP contribution in [0.4, 0.5) is 0 Å². The van der Waals surface area contributed by atoms with Gasteiger partial charge in [0.25, 0.3) is 0 Å². The summed E-state index contributed by atoms with van der Waals surface area (Å²) >= 11 is 0. The average Bonchev–Trinajstić information content (AvgIpc) is 3.28. The first kappa shape index (κ1) is 64.4. The summed E-state index contributed by atoms with van der Waals surface area (Å²) < 4.78 is 16.9. The molecule has 0 fully saturated rings. The van der Waals surface area contributed by atoms with E-state index in [1.807, 2.05) is 0 Å². The molecule has 392 valence electrons. The van der Waals surface area contributed by atoms with Gasteiger partial charge >= 0.3 is 17.9 Å². The summed E-state index contributed by atoms with van der Waals surface area (Å²) in [7, 11) is 0. The maximum absolute atomic E-state index is 12.9. The summed E-state index contributed by atoms with van der Waals surface area (Å²) in [4.78, 5) is 38.2. The van der Waals surface area contributed by atoms with Gasteiger partial charge in [0.05, 0.1) is 0 Å². The molecule has 0 saturated heterocycles. The van der Waals surface area contributed by atoms with Crippen LogP contribution in [0.2, 0.25) is 0 Å². The Bertz CT molecular complexity index is 1020. The van der Waals surface area contributed by atoms with Crippen molar-refractivity contribution >= 4 is 17.9 Å². The Morgan fingerprint density at radius 1 is 0.258 bits per heavy atom. The minimum absolute atomic E-state index is 0.0633. The topological polar surface area (TPSA) is 78.9 Å². The molecule has 0 aliphatic rings. The Labute approximate surface area is 412 Å². The van der Waals surface area contributed by atoms with Gasteiger partial charge in [-0.15, -0.1) is 0 Å². The molecule has 1 atom stereocenters. The van der Waals surface area contributed by atoms with E-state index in [0.29, 0.717) is 19.3 Å². The summed E-state index contributed by atoms with van der Waals surface area (Å²) in [5.41, 5.74) is 0. The highest BCUT2D eigenvalue weighted by Crippen LogP contribution is 2.19. The lowest BCUT2D eigenvalue weighted by molar-refractivity contribution is -0.167. The molecule has 6 nitrogen and oxygen atoms in total. The number of esters is 3. The quantitative estimate of drug-likeness (QED) is 0.0343. The number of carbonyl (C=O) groups is 3. The van der Waals surface area contributed by atoms with Crippen LogP contribution in [0.5, 0.6) is 0 Å². The van der Waals surface area contributed by atoms with E-state index in [-0.39, 0.29) is 31.1 Å². The van der Waals surface area contributed by atoms with E-state index in [1.54, 1.807) is 0 Å². The van der Waals surface area contributed by atoms with Crippen LogP contribution in [0.3, 0.4) is 0 Å². The Balaban J connectivity index is 4.28. The van der Waals surface area contributed by atoms with Crippen molar-refractivity contribution in [1.82, 2.24) is 0 Å². The molecule has 0 aromatic carbocycles. The fourth-order valence-corrected chi connectivity index (χ4v) is 9.18. The van der Waals surface area contributed by atoms with Gasteiger partial charge in [0.2, 0.25) is 0 Å². The summed E-state index contributed by atoms with van der Waals surface area (Å²) in [5, 5.41) is 0. The zero-order valence-corrected chi connectivity index (χ0v) is 45.5. The lowest BCUT2D eigenvalue weighted by Crippen LogP contribution is -2.30. The smallest absolute Gasteiger partial charge is 0.306 e. The van der Waals surface area contributed by atoms with Crippen LogP contribution >= 0.6 is 0 Å². The third kappa shape index (κ3) is 53.4. The van der Waals surface area contributed by atoms with Gasteiger partial charge in [-0.1, -0.05) is 292 Å². The molecule has 0 aliphatic heterocycles. The minimum Gasteiger partial charge on any atom is -0.462 e. The van der Waals surface area contributed by atoms with Crippen LogP contribution < -0.4 is 0 Å². The molecule has 0 N–H and O–H groups in total. The van der Waals surface area contributed by atoms with E-state index in [1.165, 1.54) is 212 Å². The molecule has 66 heavy (non-hydrogen) atoms. The second-order valence-corrected chi connectivity index (χ2v) is 22.1. The number of hydrogen-bond acceptors (Lipinski definition) is 6. The maximum atomic E-state index is 12.9. The molecule has 0 amide bonds. The second-order valence-electron chi connectivity index (χ2n) is 22.1. The molecule has 0 radical (unpaired) electrons.